The molecule has 1 amide bonds. The Balaban J connectivity index is 1.50. The molecular weight excluding hydrogens is 490 g/mol. The van der Waals surface area contributed by atoms with E-state index in [9.17, 15) is 14.7 Å². The van der Waals surface area contributed by atoms with Crippen molar-refractivity contribution in [3.8, 4) is 5.75 Å². The van der Waals surface area contributed by atoms with Gasteiger partial charge in [-0.2, -0.15) is 0 Å². The van der Waals surface area contributed by atoms with Crippen LogP contribution in [0.1, 0.15) is 67.3 Å². The number of carbonyl (C=O) groups is 1. The summed E-state index contributed by atoms with van der Waals surface area (Å²) in [4.78, 5) is 28.1. The molecule has 1 aliphatic heterocycles. The van der Waals surface area contributed by atoms with Gasteiger partial charge >= 0.3 is 5.63 Å². The van der Waals surface area contributed by atoms with Gasteiger partial charge in [0.2, 0.25) is 0 Å². The SMILES string of the molecule is Cc1cc(OC(C)C(=O)N2CCC3(O)CCCCC3[C@@H]2c2ccc(Cl)cc2)c2c(C)c(C)c(=O)oc2c1. The predicted molar refractivity (Wildman–Crippen MR) is 144 cm³/mol. The van der Waals surface area contributed by atoms with Crippen LogP contribution in [-0.4, -0.2) is 34.2 Å². The summed E-state index contributed by atoms with van der Waals surface area (Å²) < 4.78 is 11.9. The summed E-state index contributed by atoms with van der Waals surface area (Å²) in [7, 11) is 0. The summed E-state index contributed by atoms with van der Waals surface area (Å²) in [6.07, 6.45) is 3.43. The lowest BCUT2D eigenvalue weighted by molar-refractivity contribution is -0.161. The highest BCUT2D eigenvalue weighted by Gasteiger charge is 2.50. The highest BCUT2D eigenvalue weighted by atomic mass is 35.5. The standard InChI is InChI=1S/C30H34ClNO5/c1-17-15-24(26-18(2)19(3)29(34)37-25(26)16-17)36-20(4)28(33)32-14-13-30(35)12-6-5-7-23(30)27(32)21-8-10-22(31)11-9-21/h8-11,15-16,20,23,27,35H,5-7,12-14H2,1-4H3/t20?,23?,27-,30?/m0/s1. The molecule has 37 heavy (non-hydrogen) atoms. The maximum absolute atomic E-state index is 14.0. The third kappa shape index (κ3) is 4.66. The molecule has 0 bridgehead atoms. The molecule has 1 N–H and O–H groups in total. The molecule has 2 aliphatic rings. The van der Waals surface area contributed by atoms with Crippen molar-refractivity contribution in [2.45, 2.75) is 77.5 Å². The number of rotatable bonds is 4. The number of amides is 1. The number of halogens is 1. The molecule has 4 atom stereocenters. The first-order valence-corrected chi connectivity index (χ1v) is 13.5. The first-order chi connectivity index (χ1) is 17.6. The Kier molecular flexibility index (Phi) is 6.84. The molecule has 2 fully saturated rings. The third-order valence-corrected chi connectivity index (χ3v) is 8.62. The van der Waals surface area contributed by atoms with Crippen LogP contribution in [0.5, 0.6) is 5.75 Å². The maximum Gasteiger partial charge on any atom is 0.339 e. The Morgan fingerprint density at radius 1 is 1.14 bits per heavy atom. The minimum absolute atomic E-state index is 0.0497. The summed E-state index contributed by atoms with van der Waals surface area (Å²) in [5.41, 5.74) is 2.46. The van der Waals surface area contributed by atoms with E-state index in [2.05, 4.69) is 0 Å². The highest BCUT2D eigenvalue weighted by molar-refractivity contribution is 6.30. The number of fused-ring (bicyclic) bond motifs is 2. The Hall–Kier alpha value is -2.83. The van der Waals surface area contributed by atoms with Crippen LogP contribution in [0.3, 0.4) is 0 Å². The second kappa shape index (κ2) is 9.80. The number of aryl methyl sites for hydroxylation is 2. The minimum Gasteiger partial charge on any atom is -0.480 e. The number of likely N-dealkylation sites (tertiary alicyclic amines) is 1. The highest BCUT2D eigenvalue weighted by Crippen LogP contribution is 2.49. The molecule has 6 nitrogen and oxygen atoms in total. The van der Waals surface area contributed by atoms with Gasteiger partial charge in [0.25, 0.3) is 5.91 Å². The van der Waals surface area contributed by atoms with E-state index in [1.54, 1.807) is 13.8 Å². The van der Waals surface area contributed by atoms with Gasteiger partial charge < -0.3 is 19.2 Å². The predicted octanol–water partition coefficient (Wildman–Crippen LogP) is 6.03. The third-order valence-electron chi connectivity index (χ3n) is 8.37. The minimum atomic E-state index is -0.777. The van der Waals surface area contributed by atoms with Gasteiger partial charge in [-0.3, -0.25) is 4.79 Å². The second-order valence-corrected chi connectivity index (χ2v) is 11.2. The van der Waals surface area contributed by atoms with Crippen molar-refractivity contribution in [1.82, 2.24) is 4.90 Å². The van der Waals surface area contributed by atoms with Gasteiger partial charge in [-0.05, 0) is 87.9 Å². The van der Waals surface area contributed by atoms with E-state index in [4.69, 9.17) is 20.8 Å². The van der Waals surface area contributed by atoms with Gasteiger partial charge in [-0.1, -0.05) is 36.6 Å². The molecule has 2 aromatic carbocycles. The Labute approximate surface area is 222 Å². The fourth-order valence-corrected chi connectivity index (χ4v) is 6.38. The lowest BCUT2D eigenvalue weighted by Gasteiger charge is -2.53. The van der Waals surface area contributed by atoms with Gasteiger partial charge in [-0.15, -0.1) is 0 Å². The van der Waals surface area contributed by atoms with E-state index in [1.165, 1.54) is 0 Å². The number of piperidine rings is 1. The molecule has 3 aromatic rings. The summed E-state index contributed by atoms with van der Waals surface area (Å²) in [6.45, 7) is 7.72. The number of nitrogens with zero attached hydrogens (tertiary/aromatic N) is 1. The number of hydrogen-bond donors (Lipinski definition) is 1. The zero-order chi connectivity index (χ0) is 26.5. The summed E-state index contributed by atoms with van der Waals surface area (Å²) in [5, 5.41) is 12.9. The zero-order valence-corrected chi connectivity index (χ0v) is 22.6. The van der Waals surface area contributed by atoms with E-state index >= 15 is 0 Å². The van der Waals surface area contributed by atoms with Crippen molar-refractivity contribution < 1.29 is 19.1 Å². The number of carbonyl (C=O) groups excluding carboxylic acids is 1. The average Bonchev–Trinajstić information content (AvgIpc) is 2.86. The lowest BCUT2D eigenvalue weighted by atomic mass is 9.66. The smallest absolute Gasteiger partial charge is 0.339 e. The molecule has 0 radical (unpaired) electrons. The Morgan fingerprint density at radius 3 is 2.59 bits per heavy atom. The quantitative estimate of drug-likeness (QED) is 0.422. The van der Waals surface area contributed by atoms with E-state index in [0.29, 0.717) is 40.3 Å². The number of hydrogen-bond acceptors (Lipinski definition) is 5. The fourth-order valence-electron chi connectivity index (χ4n) is 6.26. The van der Waals surface area contributed by atoms with Crippen LogP contribution in [0.4, 0.5) is 0 Å². The molecule has 1 aliphatic carbocycles. The number of benzene rings is 2. The van der Waals surface area contributed by atoms with Crippen molar-refractivity contribution >= 4 is 28.5 Å². The normalized spacial score (nSPS) is 24.5. The van der Waals surface area contributed by atoms with E-state index in [1.807, 2.05) is 55.1 Å². The van der Waals surface area contributed by atoms with Gasteiger partial charge in [0.05, 0.1) is 17.0 Å². The van der Waals surface area contributed by atoms with Crippen LogP contribution in [0.15, 0.2) is 45.6 Å². The molecule has 1 aromatic heterocycles. The summed E-state index contributed by atoms with van der Waals surface area (Å²) in [6, 6.07) is 11.0. The number of aliphatic hydroxyl groups is 1. The maximum atomic E-state index is 14.0. The van der Waals surface area contributed by atoms with Crippen LogP contribution >= 0.6 is 11.6 Å². The lowest BCUT2D eigenvalue weighted by Crippen LogP contribution is -2.58. The van der Waals surface area contributed by atoms with E-state index < -0.39 is 11.7 Å². The van der Waals surface area contributed by atoms with Crippen LogP contribution in [0, 0.1) is 26.7 Å². The van der Waals surface area contributed by atoms with Gasteiger partial charge in [0, 0.05) is 23.0 Å². The topological polar surface area (TPSA) is 80.0 Å². The summed E-state index contributed by atoms with van der Waals surface area (Å²) in [5.74, 6) is 0.342. The average molecular weight is 524 g/mol. The van der Waals surface area contributed by atoms with Crippen molar-refractivity contribution in [3.05, 3.63) is 74.1 Å². The Bertz CT molecular complexity index is 1400. The van der Waals surface area contributed by atoms with E-state index in [0.717, 1.165) is 42.4 Å². The van der Waals surface area contributed by atoms with Crippen LogP contribution < -0.4 is 10.4 Å². The largest absolute Gasteiger partial charge is 0.480 e. The monoisotopic (exact) mass is 523 g/mol. The van der Waals surface area contributed by atoms with Gasteiger partial charge in [0.1, 0.15) is 11.3 Å². The molecule has 5 rings (SSSR count). The van der Waals surface area contributed by atoms with Crippen molar-refractivity contribution in [2.75, 3.05) is 6.54 Å². The fraction of sp³-hybridized carbons (Fsp3) is 0.467. The van der Waals surface area contributed by atoms with Crippen molar-refractivity contribution in [2.24, 2.45) is 5.92 Å². The molecule has 1 saturated heterocycles. The first kappa shape index (κ1) is 25.8. The Morgan fingerprint density at radius 2 is 1.86 bits per heavy atom. The van der Waals surface area contributed by atoms with Gasteiger partial charge in [-0.25, -0.2) is 4.79 Å². The molecule has 1 saturated carbocycles. The molecular formula is C30H34ClNO5. The molecule has 0 spiro atoms. The van der Waals surface area contributed by atoms with Crippen molar-refractivity contribution in [1.29, 1.82) is 0 Å². The molecule has 3 unspecified atom stereocenters. The van der Waals surface area contributed by atoms with E-state index in [-0.39, 0.29) is 23.5 Å². The number of ether oxygens (including phenoxy) is 1. The first-order valence-electron chi connectivity index (χ1n) is 13.1. The molecule has 196 valence electrons. The van der Waals surface area contributed by atoms with Crippen molar-refractivity contribution in [3.63, 3.8) is 0 Å². The molecule has 7 heteroatoms. The van der Waals surface area contributed by atoms with Crippen LogP contribution in [-0.2, 0) is 4.79 Å². The summed E-state index contributed by atoms with van der Waals surface area (Å²) >= 11 is 6.17. The van der Waals surface area contributed by atoms with Crippen LogP contribution in [0.25, 0.3) is 11.0 Å². The van der Waals surface area contributed by atoms with Gasteiger partial charge in [0.15, 0.2) is 6.10 Å². The second-order valence-electron chi connectivity index (χ2n) is 10.8. The zero-order valence-electron chi connectivity index (χ0n) is 21.8. The van der Waals surface area contributed by atoms with Crippen LogP contribution in [0.2, 0.25) is 5.02 Å². The molecule has 2 heterocycles.